The van der Waals surface area contributed by atoms with Crippen LogP contribution >= 0.6 is 0 Å². The van der Waals surface area contributed by atoms with Crippen LogP contribution in [0.25, 0.3) is 0 Å². The Morgan fingerprint density at radius 1 is 1.89 bits per heavy atom. The van der Waals surface area contributed by atoms with Gasteiger partial charge >= 0.3 is 6.20 Å². The Morgan fingerprint density at radius 3 is 3.11 bits per heavy atom. The SMILES string of the molecule is CC1=[C][N+]=CCC1=C=O. The molecule has 44 valence electrons. The minimum Gasteiger partial charge on any atom is -0.233 e. The van der Waals surface area contributed by atoms with Gasteiger partial charge in [-0.15, -0.1) is 0 Å². The largest absolute Gasteiger partial charge is 0.358 e. The first kappa shape index (κ1) is 5.99. The Kier molecular flexibility index (Phi) is 1.61. The van der Waals surface area contributed by atoms with E-state index in [9.17, 15) is 4.79 Å². The summed E-state index contributed by atoms with van der Waals surface area (Å²) in [6.07, 6.45) is 4.92. The van der Waals surface area contributed by atoms with Crippen LogP contribution in [0, 0.1) is 6.20 Å². The summed E-state index contributed by atoms with van der Waals surface area (Å²) < 4.78 is 0. The molecule has 1 heterocycles. The standard InChI is InChI=1S/C7H6NO/c1-6-4-8-3-2-7(6)5-9/h3H,2H2,1H3/q+1. The Hall–Kier alpha value is -1.14. The molecular formula is C7H6NO+. The van der Waals surface area contributed by atoms with Crippen molar-refractivity contribution in [2.45, 2.75) is 13.3 Å². The summed E-state index contributed by atoms with van der Waals surface area (Å²) in [6.45, 7) is 1.80. The van der Waals surface area contributed by atoms with Gasteiger partial charge in [0.25, 0.3) is 0 Å². The molecule has 2 nitrogen and oxygen atoms in total. The number of nitrogens with zero attached hydrogens (tertiary/aromatic N) is 1. The van der Waals surface area contributed by atoms with Gasteiger partial charge in [0.05, 0.1) is 17.0 Å². The highest BCUT2D eigenvalue weighted by Gasteiger charge is 2.11. The lowest BCUT2D eigenvalue weighted by Gasteiger charge is -1.91. The Balaban J connectivity index is 2.96. The van der Waals surface area contributed by atoms with Crippen LogP contribution in [0.15, 0.2) is 11.1 Å². The van der Waals surface area contributed by atoms with E-state index in [4.69, 9.17) is 0 Å². The maximum Gasteiger partial charge on any atom is 0.358 e. The summed E-state index contributed by atoms with van der Waals surface area (Å²) in [7, 11) is 0. The van der Waals surface area contributed by atoms with Crippen LogP contribution in [0.1, 0.15) is 13.3 Å². The first-order valence-electron chi connectivity index (χ1n) is 2.70. The molecule has 0 saturated carbocycles. The molecule has 0 amide bonds. The smallest absolute Gasteiger partial charge is 0.233 e. The second-order valence-electron chi connectivity index (χ2n) is 1.83. The van der Waals surface area contributed by atoms with E-state index in [-0.39, 0.29) is 0 Å². The van der Waals surface area contributed by atoms with Gasteiger partial charge in [0, 0.05) is 5.57 Å². The molecule has 0 saturated heterocycles. The molecule has 2 radical (unpaired) electrons. The Labute approximate surface area is 53.6 Å². The Bertz CT molecular complexity index is 219. The molecular weight excluding hydrogens is 114 g/mol. The van der Waals surface area contributed by atoms with Crippen molar-refractivity contribution in [2.24, 2.45) is 0 Å². The molecule has 1 aliphatic heterocycles. The minimum atomic E-state index is 0.600. The van der Waals surface area contributed by atoms with Gasteiger partial charge in [-0.1, -0.05) is 0 Å². The van der Waals surface area contributed by atoms with E-state index in [2.05, 4.69) is 11.2 Å². The van der Waals surface area contributed by atoms with Gasteiger partial charge in [0.15, 0.2) is 0 Å². The molecule has 0 bridgehead atoms. The van der Waals surface area contributed by atoms with Crippen molar-refractivity contribution in [3.8, 4) is 0 Å². The average Bonchev–Trinajstić information content (AvgIpc) is 1.89. The van der Waals surface area contributed by atoms with E-state index < -0.39 is 0 Å². The highest BCUT2D eigenvalue weighted by molar-refractivity contribution is 5.73. The molecule has 2 heteroatoms. The molecule has 0 aliphatic carbocycles. The van der Waals surface area contributed by atoms with Crippen LogP contribution in [0.2, 0.25) is 0 Å². The molecule has 0 atom stereocenters. The van der Waals surface area contributed by atoms with Gasteiger partial charge in [-0.25, -0.2) is 4.79 Å². The summed E-state index contributed by atoms with van der Waals surface area (Å²) in [5.74, 6) is 1.83. The van der Waals surface area contributed by atoms with Gasteiger partial charge in [-0.3, -0.25) is 0 Å². The summed E-state index contributed by atoms with van der Waals surface area (Å²) in [5.41, 5.74) is 1.46. The number of hydrogen-bond acceptors (Lipinski definition) is 2. The summed E-state index contributed by atoms with van der Waals surface area (Å²) in [5, 5.41) is 0. The molecule has 0 aromatic heterocycles. The van der Waals surface area contributed by atoms with Crippen molar-refractivity contribution < 1.29 is 4.79 Å². The molecule has 0 unspecified atom stereocenters. The highest BCUT2D eigenvalue weighted by atomic mass is 16.1. The fraction of sp³-hybridized carbons (Fsp3) is 0.286. The zero-order valence-corrected chi connectivity index (χ0v) is 5.14. The predicted octanol–water partition coefficient (Wildman–Crippen LogP) is 0.262. The topological polar surface area (TPSA) is 31.2 Å². The van der Waals surface area contributed by atoms with Crippen LogP contribution in [-0.2, 0) is 4.79 Å². The average molecular weight is 120 g/mol. The molecule has 0 aromatic carbocycles. The number of aliphatic imine (C=N–C) groups is 1. The van der Waals surface area contributed by atoms with Gasteiger partial charge in [-0.05, 0) is 6.92 Å². The maximum atomic E-state index is 10.1. The second kappa shape index (κ2) is 2.42. The van der Waals surface area contributed by atoms with Crippen LogP contribution < -0.4 is 4.99 Å². The van der Waals surface area contributed by atoms with E-state index in [0.29, 0.717) is 12.0 Å². The predicted molar refractivity (Wildman–Crippen MR) is 34.5 cm³/mol. The highest BCUT2D eigenvalue weighted by Crippen LogP contribution is 2.08. The third-order valence-electron chi connectivity index (χ3n) is 1.19. The van der Waals surface area contributed by atoms with Crippen molar-refractivity contribution in [2.75, 3.05) is 0 Å². The minimum absolute atomic E-state index is 0.600. The fourth-order valence-corrected chi connectivity index (χ4v) is 0.618. The van der Waals surface area contributed by atoms with Crippen molar-refractivity contribution in [3.05, 3.63) is 17.3 Å². The number of hydrogen-bond donors (Lipinski definition) is 0. The third-order valence-corrected chi connectivity index (χ3v) is 1.19. The van der Waals surface area contributed by atoms with Gasteiger partial charge < -0.3 is 0 Å². The van der Waals surface area contributed by atoms with E-state index in [1.165, 1.54) is 0 Å². The van der Waals surface area contributed by atoms with Crippen molar-refractivity contribution in [1.82, 2.24) is 4.99 Å². The van der Waals surface area contributed by atoms with Crippen LogP contribution in [0.3, 0.4) is 0 Å². The molecule has 1 aliphatic rings. The lowest BCUT2D eigenvalue weighted by molar-refractivity contribution is 0.567. The number of allylic oxidation sites excluding steroid dienone is 2. The summed E-state index contributed by atoms with van der Waals surface area (Å²) >= 11 is 0. The number of rotatable bonds is 0. The van der Waals surface area contributed by atoms with E-state index in [1.807, 2.05) is 5.94 Å². The normalized spacial score (nSPS) is 17.0. The van der Waals surface area contributed by atoms with Crippen molar-refractivity contribution >= 4 is 12.2 Å². The monoisotopic (exact) mass is 120 g/mol. The Morgan fingerprint density at radius 2 is 2.67 bits per heavy atom. The van der Waals surface area contributed by atoms with Crippen LogP contribution in [0.4, 0.5) is 0 Å². The van der Waals surface area contributed by atoms with E-state index >= 15 is 0 Å². The van der Waals surface area contributed by atoms with Crippen molar-refractivity contribution in [3.63, 3.8) is 0 Å². The van der Waals surface area contributed by atoms with Crippen molar-refractivity contribution in [1.29, 1.82) is 0 Å². The number of carbonyl (C=O) groups excluding carboxylic acids is 1. The fourth-order valence-electron chi connectivity index (χ4n) is 0.618. The molecule has 9 heavy (non-hydrogen) atoms. The molecule has 0 N–H and O–H groups in total. The van der Waals surface area contributed by atoms with E-state index in [1.54, 1.807) is 13.1 Å². The first-order chi connectivity index (χ1) is 4.34. The van der Waals surface area contributed by atoms with Crippen LogP contribution in [-0.4, -0.2) is 12.2 Å². The van der Waals surface area contributed by atoms with Gasteiger partial charge in [-0.2, -0.15) is 0 Å². The molecule has 0 fully saturated rings. The summed E-state index contributed by atoms with van der Waals surface area (Å²) in [6, 6.07) is 0. The first-order valence-corrected chi connectivity index (χ1v) is 2.70. The molecule has 0 aromatic rings. The third kappa shape index (κ3) is 1.15. The molecule has 0 spiro atoms. The second-order valence-corrected chi connectivity index (χ2v) is 1.83. The van der Waals surface area contributed by atoms with E-state index in [0.717, 1.165) is 5.57 Å². The maximum absolute atomic E-state index is 10.1. The zero-order valence-electron chi connectivity index (χ0n) is 5.14. The van der Waals surface area contributed by atoms with Crippen LogP contribution in [0.5, 0.6) is 0 Å². The van der Waals surface area contributed by atoms with Gasteiger partial charge in [0.2, 0.25) is 6.21 Å². The summed E-state index contributed by atoms with van der Waals surface area (Å²) in [4.78, 5) is 13.8. The quantitative estimate of drug-likeness (QED) is 0.422. The lowest BCUT2D eigenvalue weighted by atomic mass is 10.1. The zero-order chi connectivity index (χ0) is 6.69. The lowest BCUT2D eigenvalue weighted by Crippen LogP contribution is -1.99. The molecule has 1 rings (SSSR count). The van der Waals surface area contributed by atoms with Gasteiger partial charge in [0.1, 0.15) is 5.94 Å².